The molecule has 0 radical (unpaired) electrons. The van der Waals surface area contributed by atoms with Crippen LogP contribution in [0.25, 0.3) is 16.8 Å². The minimum Gasteiger partial charge on any atom is -0.493 e. The van der Waals surface area contributed by atoms with Gasteiger partial charge < -0.3 is 5.11 Å². The molecule has 0 aliphatic rings. The van der Waals surface area contributed by atoms with E-state index in [1.54, 1.807) is 4.68 Å². The number of aromatic nitrogens is 2. The molecule has 0 bridgehead atoms. The molecule has 24 heavy (non-hydrogen) atoms. The van der Waals surface area contributed by atoms with Crippen molar-refractivity contribution in [2.45, 2.75) is 40.5 Å². The van der Waals surface area contributed by atoms with E-state index in [1.165, 1.54) is 16.7 Å². The molecule has 1 heterocycles. The fourth-order valence-corrected chi connectivity index (χ4v) is 2.92. The number of nitrogens with zero attached hydrogens (tertiary/aromatic N) is 2. The summed E-state index contributed by atoms with van der Waals surface area (Å²) in [7, 11) is 0. The molecule has 3 rings (SSSR count). The van der Waals surface area contributed by atoms with Crippen LogP contribution in [0.4, 0.5) is 0 Å². The Kier molecular flexibility index (Phi) is 4.43. The molecule has 1 aromatic heterocycles. The molecule has 0 atom stereocenters. The predicted molar refractivity (Wildman–Crippen MR) is 98.9 cm³/mol. The summed E-state index contributed by atoms with van der Waals surface area (Å²) in [5.74, 6) is 0.213. The lowest BCUT2D eigenvalue weighted by molar-refractivity contribution is 0.435. The first-order valence-electron chi connectivity index (χ1n) is 8.46. The zero-order valence-electron chi connectivity index (χ0n) is 14.8. The SMILES string of the molecule is CCCc1nn(-c2ccc(C)c(C)c2)c(O)c1-c1ccc(C)cc1. The first-order chi connectivity index (χ1) is 11.5. The third kappa shape index (κ3) is 2.94. The zero-order chi connectivity index (χ0) is 17.3. The third-order valence-corrected chi connectivity index (χ3v) is 4.50. The van der Waals surface area contributed by atoms with Crippen molar-refractivity contribution in [3.05, 3.63) is 64.8 Å². The number of aryl methyl sites for hydroxylation is 4. The van der Waals surface area contributed by atoms with Gasteiger partial charge in [-0.1, -0.05) is 49.2 Å². The third-order valence-electron chi connectivity index (χ3n) is 4.50. The molecule has 0 saturated carbocycles. The topological polar surface area (TPSA) is 38.0 Å². The molecule has 0 spiro atoms. The number of benzene rings is 2. The van der Waals surface area contributed by atoms with Crippen molar-refractivity contribution in [2.24, 2.45) is 0 Å². The summed E-state index contributed by atoms with van der Waals surface area (Å²) in [6.45, 7) is 8.36. The highest BCUT2D eigenvalue weighted by Gasteiger charge is 2.19. The number of hydrogen-bond acceptors (Lipinski definition) is 2. The predicted octanol–water partition coefficient (Wildman–Crippen LogP) is 5.12. The van der Waals surface area contributed by atoms with Gasteiger partial charge in [0, 0.05) is 0 Å². The fourth-order valence-electron chi connectivity index (χ4n) is 2.92. The maximum Gasteiger partial charge on any atom is 0.222 e. The van der Waals surface area contributed by atoms with Crippen LogP contribution in [0.3, 0.4) is 0 Å². The normalized spacial score (nSPS) is 11.0. The minimum absolute atomic E-state index is 0.213. The van der Waals surface area contributed by atoms with E-state index >= 15 is 0 Å². The lowest BCUT2D eigenvalue weighted by Gasteiger charge is -2.07. The van der Waals surface area contributed by atoms with Crippen LogP contribution in [0.1, 0.15) is 35.7 Å². The highest BCUT2D eigenvalue weighted by Crippen LogP contribution is 2.35. The first-order valence-corrected chi connectivity index (χ1v) is 8.46. The van der Waals surface area contributed by atoms with Crippen molar-refractivity contribution in [2.75, 3.05) is 0 Å². The van der Waals surface area contributed by atoms with Crippen LogP contribution in [-0.2, 0) is 6.42 Å². The second-order valence-electron chi connectivity index (χ2n) is 6.44. The Morgan fingerprint density at radius 2 is 1.67 bits per heavy atom. The van der Waals surface area contributed by atoms with Crippen LogP contribution >= 0.6 is 0 Å². The standard InChI is InChI=1S/C21H24N2O/c1-5-6-19-20(17-10-7-14(2)8-11-17)21(24)23(22-19)18-12-9-15(3)16(4)13-18/h7-13,24H,5-6H2,1-4H3. The number of aromatic hydroxyl groups is 1. The van der Waals surface area contributed by atoms with Crippen molar-refractivity contribution in [1.29, 1.82) is 0 Å². The Morgan fingerprint density at radius 3 is 2.29 bits per heavy atom. The van der Waals surface area contributed by atoms with Crippen molar-refractivity contribution >= 4 is 0 Å². The van der Waals surface area contributed by atoms with Crippen LogP contribution in [0.2, 0.25) is 0 Å². The number of rotatable bonds is 4. The van der Waals surface area contributed by atoms with E-state index in [-0.39, 0.29) is 5.88 Å². The van der Waals surface area contributed by atoms with E-state index in [0.29, 0.717) is 0 Å². The van der Waals surface area contributed by atoms with Crippen molar-refractivity contribution in [3.8, 4) is 22.7 Å². The molecular weight excluding hydrogens is 296 g/mol. The van der Waals surface area contributed by atoms with Gasteiger partial charge in [-0.25, -0.2) is 4.68 Å². The molecule has 1 N–H and O–H groups in total. The quantitative estimate of drug-likeness (QED) is 0.724. The van der Waals surface area contributed by atoms with Gasteiger partial charge in [0.15, 0.2) is 0 Å². The van der Waals surface area contributed by atoms with E-state index in [0.717, 1.165) is 35.3 Å². The molecule has 124 valence electrons. The summed E-state index contributed by atoms with van der Waals surface area (Å²) in [4.78, 5) is 0. The minimum atomic E-state index is 0.213. The van der Waals surface area contributed by atoms with Gasteiger partial charge in [-0.05, 0) is 56.0 Å². The van der Waals surface area contributed by atoms with E-state index < -0.39 is 0 Å². The summed E-state index contributed by atoms with van der Waals surface area (Å²) in [5, 5.41) is 15.6. The average Bonchev–Trinajstić information content (AvgIpc) is 2.88. The van der Waals surface area contributed by atoms with E-state index in [1.807, 2.05) is 6.07 Å². The van der Waals surface area contributed by atoms with Crippen LogP contribution in [0, 0.1) is 20.8 Å². The molecule has 0 unspecified atom stereocenters. The van der Waals surface area contributed by atoms with Gasteiger partial charge >= 0.3 is 0 Å². The molecule has 3 heteroatoms. The van der Waals surface area contributed by atoms with Crippen molar-refractivity contribution in [3.63, 3.8) is 0 Å². The lowest BCUT2D eigenvalue weighted by atomic mass is 10.0. The van der Waals surface area contributed by atoms with Gasteiger partial charge in [0.05, 0.1) is 16.9 Å². The molecular formula is C21H24N2O. The van der Waals surface area contributed by atoms with Gasteiger partial charge in [-0.2, -0.15) is 5.10 Å². The highest BCUT2D eigenvalue weighted by molar-refractivity contribution is 5.72. The van der Waals surface area contributed by atoms with Crippen LogP contribution in [0.15, 0.2) is 42.5 Å². The maximum atomic E-state index is 10.9. The Bertz CT molecular complexity index is 860. The summed E-state index contributed by atoms with van der Waals surface area (Å²) in [6.07, 6.45) is 1.83. The van der Waals surface area contributed by atoms with Crippen LogP contribution in [0.5, 0.6) is 5.88 Å². The van der Waals surface area contributed by atoms with Gasteiger partial charge in [-0.15, -0.1) is 0 Å². The lowest BCUT2D eigenvalue weighted by Crippen LogP contribution is -1.98. The highest BCUT2D eigenvalue weighted by atomic mass is 16.3. The fraction of sp³-hybridized carbons (Fsp3) is 0.286. The molecule has 0 aliphatic heterocycles. The molecule has 2 aromatic carbocycles. The summed E-state index contributed by atoms with van der Waals surface area (Å²) < 4.78 is 1.66. The Labute approximate surface area is 143 Å². The van der Waals surface area contributed by atoms with Crippen molar-refractivity contribution in [1.82, 2.24) is 9.78 Å². The number of hydrogen-bond donors (Lipinski definition) is 1. The van der Waals surface area contributed by atoms with Crippen LogP contribution in [-0.4, -0.2) is 14.9 Å². The molecule has 0 amide bonds. The smallest absolute Gasteiger partial charge is 0.222 e. The van der Waals surface area contributed by atoms with Gasteiger partial charge in [0.2, 0.25) is 5.88 Å². The summed E-state index contributed by atoms with van der Waals surface area (Å²) in [6, 6.07) is 14.4. The molecule has 0 aliphatic carbocycles. The Balaban J connectivity index is 2.16. The average molecular weight is 320 g/mol. The first kappa shape index (κ1) is 16.3. The van der Waals surface area contributed by atoms with Crippen molar-refractivity contribution < 1.29 is 5.11 Å². The molecule has 3 aromatic rings. The van der Waals surface area contributed by atoms with E-state index in [2.05, 4.69) is 64.1 Å². The van der Waals surface area contributed by atoms with Crippen LogP contribution < -0.4 is 0 Å². The van der Waals surface area contributed by atoms with E-state index in [9.17, 15) is 5.11 Å². The Hall–Kier alpha value is -2.55. The van der Waals surface area contributed by atoms with Gasteiger partial charge in [0.25, 0.3) is 0 Å². The van der Waals surface area contributed by atoms with E-state index in [4.69, 9.17) is 5.10 Å². The largest absolute Gasteiger partial charge is 0.493 e. The summed E-state index contributed by atoms with van der Waals surface area (Å²) >= 11 is 0. The molecule has 3 nitrogen and oxygen atoms in total. The van der Waals surface area contributed by atoms with Gasteiger partial charge in [0.1, 0.15) is 0 Å². The molecule has 0 saturated heterocycles. The second kappa shape index (κ2) is 6.52. The second-order valence-corrected chi connectivity index (χ2v) is 6.44. The zero-order valence-corrected chi connectivity index (χ0v) is 14.8. The monoisotopic (exact) mass is 320 g/mol. The molecule has 0 fully saturated rings. The van der Waals surface area contributed by atoms with Gasteiger partial charge in [-0.3, -0.25) is 0 Å². The summed E-state index contributed by atoms with van der Waals surface area (Å²) in [5.41, 5.74) is 7.32. The maximum absolute atomic E-state index is 10.9. The Morgan fingerprint density at radius 1 is 0.958 bits per heavy atom.